The van der Waals surface area contributed by atoms with Gasteiger partial charge in [-0.3, -0.25) is 9.59 Å². The fraction of sp³-hybridized carbons (Fsp3) is 0.0526. The van der Waals surface area contributed by atoms with Crippen LogP contribution in [0.3, 0.4) is 0 Å². The number of Topliss-reactive ketones (excluding diaryl/α,β-unsaturated/α-hetero) is 1. The second-order valence-corrected chi connectivity index (χ2v) is 6.17. The molecule has 0 fully saturated rings. The number of hydrogen-bond acceptors (Lipinski definition) is 5. The summed E-state index contributed by atoms with van der Waals surface area (Å²) in [7, 11) is 0. The van der Waals surface area contributed by atoms with Gasteiger partial charge in [0.15, 0.2) is 10.9 Å². The number of nitrogens with zero attached hydrogens (tertiary/aromatic N) is 2. The molecule has 2 aromatic carbocycles. The minimum Gasteiger partial charge on any atom is -0.333 e. The number of hydrogen-bond donors (Lipinski definition) is 1. The smallest absolute Gasteiger partial charge is 0.252 e. The molecular formula is C19H15N3O2S. The van der Waals surface area contributed by atoms with Crippen molar-refractivity contribution < 1.29 is 9.59 Å². The Bertz CT molecular complexity index is 842. The summed E-state index contributed by atoms with van der Waals surface area (Å²) in [5, 5.41) is 2.37. The molecule has 0 aliphatic rings. The van der Waals surface area contributed by atoms with Crippen LogP contribution in [0.15, 0.2) is 84.3 Å². The van der Waals surface area contributed by atoms with E-state index in [-0.39, 0.29) is 11.7 Å². The minimum absolute atomic E-state index is 0.206. The Morgan fingerprint density at radius 2 is 1.36 bits per heavy atom. The fourth-order valence-corrected chi connectivity index (χ4v) is 3.01. The average molecular weight is 349 g/mol. The van der Waals surface area contributed by atoms with Gasteiger partial charge in [-0.25, -0.2) is 9.97 Å². The van der Waals surface area contributed by atoms with Gasteiger partial charge < -0.3 is 5.32 Å². The fourth-order valence-electron chi connectivity index (χ4n) is 2.15. The third kappa shape index (κ3) is 4.51. The second-order valence-electron chi connectivity index (χ2n) is 5.10. The van der Waals surface area contributed by atoms with E-state index in [1.54, 1.807) is 67.0 Å². The summed E-state index contributed by atoms with van der Waals surface area (Å²) in [6.45, 7) is 0. The second kappa shape index (κ2) is 8.21. The lowest BCUT2D eigenvalue weighted by Gasteiger charge is -2.16. The standard InChI is InChI=1S/C19H15N3O2S/c23-16(14-8-3-1-4-9-14)18(25-19-20-12-7-13-21-19)22-17(24)15-10-5-2-6-11-15/h1-13,18H,(H,22,24)/t18-/m1/s1. The maximum absolute atomic E-state index is 12.8. The molecule has 1 amide bonds. The van der Waals surface area contributed by atoms with Crippen molar-refractivity contribution in [1.82, 2.24) is 15.3 Å². The van der Waals surface area contributed by atoms with E-state index in [9.17, 15) is 9.59 Å². The van der Waals surface area contributed by atoms with E-state index in [0.717, 1.165) is 11.8 Å². The minimum atomic E-state index is -0.822. The van der Waals surface area contributed by atoms with E-state index in [0.29, 0.717) is 16.3 Å². The normalized spacial score (nSPS) is 11.5. The number of amides is 1. The van der Waals surface area contributed by atoms with Crippen molar-refractivity contribution in [2.45, 2.75) is 10.5 Å². The van der Waals surface area contributed by atoms with Gasteiger partial charge in [0.1, 0.15) is 5.37 Å². The first kappa shape index (κ1) is 16.9. The Balaban J connectivity index is 1.83. The van der Waals surface area contributed by atoms with Crippen LogP contribution in [0.4, 0.5) is 0 Å². The van der Waals surface area contributed by atoms with Crippen LogP contribution < -0.4 is 5.32 Å². The van der Waals surface area contributed by atoms with E-state index in [1.165, 1.54) is 0 Å². The summed E-state index contributed by atoms with van der Waals surface area (Å²) >= 11 is 1.11. The summed E-state index contributed by atoms with van der Waals surface area (Å²) in [4.78, 5) is 33.5. The van der Waals surface area contributed by atoms with Crippen LogP contribution in [0, 0.1) is 0 Å². The van der Waals surface area contributed by atoms with Gasteiger partial charge in [0.25, 0.3) is 5.91 Å². The topological polar surface area (TPSA) is 72.0 Å². The van der Waals surface area contributed by atoms with Gasteiger partial charge in [0.05, 0.1) is 0 Å². The molecule has 3 aromatic rings. The Labute approximate surface area is 149 Å². The Morgan fingerprint density at radius 3 is 1.96 bits per heavy atom. The highest BCUT2D eigenvalue weighted by atomic mass is 32.2. The Hall–Kier alpha value is -2.99. The van der Waals surface area contributed by atoms with Crippen molar-refractivity contribution in [1.29, 1.82) is 0 Å². The molecule has 3 rings (SSSR count). The largest absolute Gasteiger partial charge is 0.333 e. The molecular weight excluding hydrogens is 334 g/mol. The van der Waals surface area contributed by atoms with Crippen LogP contribution in [0.25, 0.3) is 0 Å². The van der Waals surface area contributed by atoms with Gasteiger partial charge in [-0.15, -0.1) is 0 Å². The van der Waals surface area contributed by atoms with Gasteiger partial charge in [-0.2, -0.15) is 0 Å². The molecule has 0 saturated carbocycles. The summed E-state index contributed by atoms with van der Waals surface area (Å²) in [5.74, 6) is -0.527. The third-order valence-electron chi connectivity index (χ3n) is 3.36. The zero-order valence-electron chi connectivity index (χ0n) is 13.2. The number of carbonyl (C=O) groups excluding carboxylic acids is 2. The number of ketones is 1. The van der Waals surface area contributed by atoms with E-state index in [4.69, 9.17) is 0 Å². The summed E-state index contributed by atoms with van der Waals surface area (Å²) < 4.78 is 0. The van der Waals surface area contributed by atoms with Gasteiger partial charge in [-0.1, -0.05) is 60.3 Å². The van der Waals surface area contributed by atoms with Crippen molar-refractivity contribution in [2.24, 2.45) is 0 Å². The zero-order chi connectivity index (χ0) is 17.5. The van der Waals surface area contributed by atoms with Crippen LogP contribution in [0.2, 0.25) is 0 Å². The van der Waals surface area contributed by atoms with Crippen molar-refractivity contribution in [3.05, 3.63) is 90.3 Å². The Kier molecular flexibility index (Phi) is 5.53. The predicted octanol–water partition coefficient (Wildman–Crippen LogP) is 3.21. The average Bonchev–Trinajstić information content (AvgIpc) is 2.69. The van der Waals surface area contributed by atoms with E-state index in [1.807, 2.05) is 12.1 Å². The van der Waals surface area contributed by atoms with Crippen LogP contribution >= 0.6 is 11.8 Å². The van der Waals surface area contributed by atoms with E-state index >= 15 is 0 Å². The van der Waals surface area contributed by atoms with Crippen molar-refractivity contribution in [3.8, 4) is 0 Å². The zero-order valence-corrected chi connectivity index (χ0v) is 14.0. The molecule has 25 heavy (non-hydrogen) atoms. The van der Waals surface area contributed by atoms with Gasteiger partial charge in [-0.05, 0) is 18.2 Å². The molecule has 0 bridgehead atoms. The number of rotatable bonds is 6. The molecule has 0 aliphatic heterocycles. The van der Waals surface area contributed by atoms with Crippen LogP contribution in [0.5, 0.6) is 0 Å². The maximum Gasteiger partial charge on any atom is 0.252 e. The van der Waals surface area contributed by atoms with Crippen LogP contribution in [-0.4, -0.2) is 27.0 Å². The molecule has 0 spiro atoms. The highest BCUT2D eigenvalue weighted by molar-refractivity contribution is 8.00. The summed E-state index contributed by atoms with van der Waals surface area (Å²) in [6, 6.07) is 19.3. The number of benzene rings is 2. The lowest BCUT2D eigenvalue weighted by Crippen LogP contribution is -2.38. The van der Waals surface area contributed by atoms with Crippen molar-refractivity contribution in [3.63, 3.8) is 0 Å². The third-order valence-corrected chi connectivity index (χ3v) is 4.35. The lowest BCUT2D eigenvalue weighted by molar-refractivity contribution is 0.0892. The Morgan fingerprint density at radius 1 is 0.800 bits per heavy atom. The summed E-state index contributed by atoms with van der Waals surface area (Å²) in [6.07, 6.45) is 3.19. The number of thioether (sulfide) groups is 1. The monoisotopic (exact) mass is 349 g/mol. The van der Waals surface area contributed by atoms with E-state index in [2.05, 4.69) is 15.3 Å². The SMILES string of the molecule is O=C(N[C@H](Sc1ncccn1)C(=O)c1ccccc1)c1ccccc1. The molecule has 1 N–H and O–H groups in total. The van der Waals surface area contributed by atoms with Gasteiger partial charge in [0, 0.05) is 23.5 Å². The number of nitrogens with one attached hydrogen (secondary N) is 1. The molecule has 0 radical (unpaired) electrons. The van der Waals surface area contributed by atoms with E-state index < -0.39 is 5.37 Å². The quantitative estimate of drug-likeness (QED) is 0.320. The van der Waals surface area contributed by atoms with Gasteiger partial charge in [0.2, 0.25) is 0 Å². The first-order valence-electron chi connectivity index (χ1n) is 7.63. The predicted molar refractivity (Wildman–Crippen MR) is 96.4 cm³/mol. The van der Waals surface area contributed by atoms with Crippen molar-refractivity contribution >= 4 is 23.5 Å². The molecule has 124 valence electrons. The molecule has 0 saturated heterocycles. The molecule has 1 heterocycles. The van der Waals surface area contributed by atoms with Crippen LogP contribution in [0.1, 0.15) is 20.7 Å². The maximum atomic E-state index is 12.8. The first-order valence-corrected chi connectivity index (χ1v) is 8.51. The lowest BCUT2D eigenvalue weighted by atomic mass is 10.1. The van der Waals surface area contributed by atoms with Crippen molar-refractivity contribution in [2.75, 3.05) is 0 Å². The highest BCUT2D eigenvalue weighted by Crippen LogP contribution is 2.21. The summed E-state index contributed by atoms with van der Waals surface area (Å²) in [5.41, 5.74) is 1.01. The molecule has 1 aromatic heterocycles. The first-order chi connectivity index (χ1) is 12.2. The molecule has 0 unspecified atom stereocenters. The molecule has 0 aliphatic carbocycles. The molecule has 5 nitrogen and oxygen atoms in total. The van der Waals surface area contributed by atoms with Crippen LogP contribution in [-0.2, 0) is 0 Å². The highest BCUT2D eigenvalue weighted by Gasteiger charge is 2.24. The number of aromatic nitrogens is 2. The molecule has 1 atom stereocenters. The molecule has 6 heteroatoms. The number of carbonyl (C=O) groups is 2. The van der Waals surface area contributed by atoms with Gasteiger partial charge >= 0.3 is 0 Å².